The Morgan fingerprint density at radius 1 is 1.16 bits per heavy atom. The van der Waals surface area contributed by atoms with Crippen molar-refractivity contribution < 1.29 is 36.6 Å². The van der Waals surface area contributed by atoms with Gasteiger partial charge in [0.25, 0.3) is 15.6 Å². The van der Waals surface area contributed by atoms with Gasteiger partial charge in [0.05, 0.1) is 27.9 Å². The van der Waals surface area contributed by atoms with Crippen LogP contribution in [0.15, 0.2) is 80.6 Å². The molecule has 0 fully saturated rings. The second-order valence-electron chi connectivity index (χ2n) is 9.96. The molecular formula is C30H32ClN2O7S3+. The van der Waals surface area contributed by atoms with Crippen LogP contribution in [-0.4, -0.2) is 36.3 Å². The van der Waals surface area contributed by atoms with E-state index in [9.17, 15) is 13.0 Å². The van der Waals surface area contributed by atoms with Crippen molar-refractivity contribution in [1.29, 1.82) is 0 Å². The zero-order valence-electron chi connectivity index (χ0n) is 23.4. The Morgan fingerprint density at radius 2 is 2.00 bits per heavy atom. The van der Waals surface area contributed by atoms with Crippen LogP contribution in [0.2, 0.25) is 5.02 Å². The highest BCUT2D eigenvalue weighted by atomic mass is 35.5. The monoisotopic (exact) mass is 663 g/mol. The van der Waals surface area contributed by atoms with Crippen molar-refractivity contribution in [1.82, 2.24) is 0 Å². The largest absolute Gasteiger partial charge is 0.398 e. The number of allylic oxidation sites excluding steroid dienone is 2. The summed E-state index contributed by atoms with van der Waals surface area (Å²) in [5.41, 5.74) is 3.67. The fourth-order valence-corrected chi connectivity index (χ4v) is 7.31. The van der Waals surface area contributed by atoms with E-state index in [2.05, 4.69) is 27.3 Å². The lowest BCUT2D eigenvalue weighted by Crippen LogP contribution is -2.36. The number of oxazole rings is 1. The highest BCUT2D eigenvalue weighted by Crippen LogP contribution is 2.47. The molecule has 228 valence electrons. The standard InChI is InChI=1S/C30H31ClN2O7S3/c1-2-21(19-29-32(14-5-6-16-41-40-39-34)25-20-23(31)11-13-27(25)42-29)18-28-33(15-7-17-43(35,36)37)30-24-9-4-3-8-22(24)10-12-26(30)38-28/h3-4,8-13,18-20H,2,5-7,14-17H2,1H3,(H-,34,35,36,37)/p+1. The van der Waals surface area contributed by atoms with Gasteiger partial charge in [0, 0.05) is 40.7 Å². The van der Waals surface area contributed by atoms with Crippen LogP contribution in [0.25, 0.3) is 27.9 Å². The maximum Gasteiger partial charge on any atom is 0.374 e. The summed E-state index contributed by atoms with van der Waals surface area (Å²) in [6.07, 6.45) is 6.86. The Labute approximate surface area is 263 Å². The van der Waals surface area contributed by atoms with E-state index in [1.165, 1.54) is 0 Å². The van der Waals surface area contributed by atoms with Crippen molar-refractivity contribution in [3.05, 3.63) is 82.2 Å². The van der Waals surface area contributed by atoms with Gasteiger partial charge in [-0.05, 0) is 66.6 Å². The quantitative estimate of drug-likeness (QED) is 0.0345. The summed E-state index contributed by atoms with van der Waals surface area (Å²) in [7, 11) is -4.09. The number of fused-ring (bicyclic) bond motifs is 4. The van der Waals surface area contributed by atoms with Crippen LogP contribution < -0.4 is 9.47 Å². The van der Waals surface area contributed by atoms with Crippen molar-refractivity contribution in [2.45, 2.75) is 44.0 Å². The number of rotatable bonds is 14. The topological polar surface area (TPSA) is 113 Å². The van der Waals surface area contributed by atoms with Gasteiger partial charge in [0.2, 0.25) is 5.58 Å². The number of hydrogen-bond acceptors (Lipinski definition) is 9. The molecule has 0 aliphatic carbocycles. The molecule has 9 nitrogen and oxygen atoms in total. The maximum absolute atomic E-state index is 11.5. The minimum atomic E-state index is -4.09. The van der Waals surface area contributed by atoms with Crippen molar-refractivity contribution in [3.63, 3.8) is 0 Å². The Hall–Kier alpha value is -2.55. The molecule has 0 saturated heterocycles. The molecule has 1 aromatic heterocycles. The molecule has 0 atom stereocenters. The minimum Gasteiger partial charge on any atom is -0.398 e. The Morgan fingerprint density at radius 3 is 2.79 bits per heavy atom. The third kappa shape index (κ3) is 7.95. The molecule has 1 aliphatic heterocycles. The molecule has 0 unspecified atom stereocenters. The smallest absolute Gasteiger partial charge is 0.374 e. The second-order valence-corrected chi connectivity index (χ2v) is 13.8. The van der Waals surface area contributed by atoms with Gasteiger partial charge in [-0.15, -0.1) is 4.33 Å². The predicted octanol–water partition coefficient (Wildman–Crippen LogP) is 7.90. The first kappa shape index (κ1) is 31.9. The first-order valence-corrected chi connectivity index (χ1v) is 17.5. The number of hydrogen-bond donors (Lipinski definition) is 2. The van der Waals surface area contributed by atoms with Gasteiger partial charge in [-0.25, -0.2) is 5.26 Å². The summed E-state index contributed by atoms with van der Waals surface area (Å²) >= 11 is 9.10. The molecule has 3 aromatic carbocycles. The van der Waals surface area contributed by atoms with Gasteiger partial charge in [-0.2, -0.15) is 13.0 Å². The van der Waals surface area contributed by atoms with Crippen molar-refractivity contribution in [2.24, 2.45) is 0 Å². The maximum atomic E-state index is 11.5. The van der Waals surface area contributed by atoms with Gasteiger partial charge in [-0.1, -0.05) is 59.6 Å². The molecular weight excluding hydrogens is 632 g/mol. The molecule has 0 saturated carbocycles. The third-order valence-corrected chi connectivity index (χ3v) is 9.82. The number of anilines is 1. The van der Waals surface area contributed by atoms with Crippen LogP contribution >= 0.6 is 35.4 Å². The van der Waals surface area contributed by atoms with Crippen molar-refractivity contribution in [3.8, 4) is 0 Å². The van der Waals surface area contributed by atoms with E-state index < -0.39 is 10.1 Å². The van der Waals surface area contributed by atoms with Crippen LogP contribution in [0.4, 0.5) is 5.69 Å². The first-order valence-electron chi connectivity index (χ1n) is 13.8. The fourth-order valence-electron chi connectivity index (χ4n) is 5.07. The lowest BCUT2D eigenvalue weighted by atomic mass is 10.1. The molecule has 13 heteroatoms. The normalized spacial score (nSPS) is 14.8. The van der Waals surface area contributed by atoms with Crippen LogP contribution in [-0.2, 0) is 26.0 Å². The molecule has 0 radical (unpaired) electrons. The molecule has 0 bridgehead atoms. The molecule has 2 heterocycles. The Bertz CT molecular complexity index is 1770. The summed E-state index contributed by atoms with van der Waals surface area (Å²) < 4.78 is 45.2. The van der Waals surface area contributed by atoms with Gasteiger partial charge in [0.15, 0.2) is 6.54 Å². The fraction of sp³-hybridized carbons (Fsp3) is 0.300. The van der Waals surface area contributed by atoms with E-state index in [1.54, 1.807) is 11.8 Å². The predicted molar refractivity (Wildman–Crippen MR) is 172 cm³/mol. The number of thioether (sulfide) groups is 1. The van der Waals surface area contributed by atoms with E-state index in [0.29, 0.717) is 28.8 Å². The van der Waals surface area contributed by atoms with Crippen LogP contribution in [0.3, 0.4) is 0 Å². The van der Waals surface area contributed by atoms with Gasteiger partial charge in [-0.3, -0.25) is 4.55 Å². The molecule has 1 aliphatic rings. The lowest BCUT2D eigenvalue weighted by Gasteiger charge is -2.21. The second kappa shape index (κ2) is 14.5. The highest BCUT2D eigenvalue weighted by Gasteiger charge is 2.27. The molecule has 0 amide bonds. The molecule has 43 heavy (non-hydrogen) atoms. The average molecular weight is 664 g/mol. The first-order chi connectivity index (χ1) is 20.8. The number of aromatic nitrogens is 1. The van der Waals surface area contributed by atoms with Gasteiger partial charge >= 0.3 is 5.89 Å². The molecule has 4 aromatic rings. The molecule has 5 rings (SSSR count). The number of benzene rings is 3. The summed E-state index contributed by atoms with van der Waals surface area (Å²) in [5.74, 6) is 0.935. The Balaban J connectivity index is 1.50. The van der Waals surface area contributed by atoms with E-state index >= 15 is 0 Å². The van der Waals surface area contributed by atoms with E-state index in [1.807, 2.05) is 65.2 Å². The van der Waals surface area contributed by atoms with Gasteiger partial charge in [0.1, 0.15) is 0 Å². The SMILES string of the molecule is CCC(/C=C1\Sc2ccc(Cl)cc2N1CCCCSOOO)=C\c1oc2ccc3ccccc3c2[n+]1CCCS(=O)(=O)O. The summed E-state index contributed by atoms with van der Waals surface area (Å²) in [5, 5.41) is 15.8. The number of aryl methyl sites for hydroxylation is 1. The molecule has 2 N–H and O–H groups in total. The average Bonchev–Trinajstić information content (AvgIpc) is 3.50. The van der Waals surface area contributed by atoms with Crippen LogP contribution in [0, 0.1) is 0 Å². The molecule has 0 spiro atoms. The lowest BCUT2D eigenvalue weighted by molar-refractivity contribution is -0.677. The van der Waals surface area contributed by atoms with E-state index in [4.69, 9.17) is 21.3 Å². The number of unbranched alkanes of at least 4 members (excludes halogenated alkanes) is 1. The highest BCUT2D eigenvalue weighted by molar-refractivity contribution is 8.03. The van der Waals surface area contributed by atoms with E-state index in [0.717, 1.165) is 75.3 Å². The van der Waals surface area contributed by atoms with Crippen LogP contribution in [0.5, 0.6) is 0 Å². The number of halogens is 1. The summed E-state index contributed by atoms with van der Waals surface area (Å²) in [6.45, 7) is 3.20. The van der Waals surface area contributed by atoms with Crippen molar-refractivity contribution in [2.75, 3.05) is 23.0 Å². The third-order valence-electron chi connectivity index (χ3n) is 7.05. The summed E-state index contributed by atoms with van der Waals surface area (Å²) in [4.78, 5) is 3.38. The number of nitrogens with zero attached hydrogens (tertiary/aromatic N) is 2. The zero-order chi connectivity index (χ0) is 30.4. The minimum absolute atomic E-state index is 0.234. The Kier molecular flexibility index (Phi) is 10.7. The van der Waals surface area contributed by atoms with Gasteiger partial charge < -0.3 is 9.32 Å². The zero-order valence-corrected chi connectivity index (χ0v) is 26.6. The van der Waals surface area contributed by atoms with Crippen molar-refractivity contribution >= 4 is 79.2 Å². The summed E-state index contributed by atoms with van der Waals surface area (Å²) in [6, 6.07) is 17.8. The van der Waals surface area contributed by atoms with E-state index in [-0.39, 0.29) is 12.2 Å². The van der Waals surface area contributed by atoms with Crippen LogP contribution in [0.1, 0.15) is 38.5 Å².